The van der Waals surface area contributed by atoms with Crippen molar-refractivity contribution in [3.63, 3.8) is 0 Å². The first-order valence-electron chi connectivity index (χ1n) is 6.82. The molecule has 1 aliphatic carbocycles. The van der Waals surface area contributed by atoms with Gasteiger partial charge in [-0.3, -0.25) is 16.3 Å². The van der Waals surface area contributed by atoms with Crippen LogP contribution in [-0.2, 0) is 0 Å². The standard InChI is InChI=1S/C14H22BrN3/c1-2-10-5-3-6-11(9-10)13(18-16)14-12(15)7-4-8-17-14/h4,7-8,10-11,13,18H,2-3,5-6,9,16H2,1H3. The summed E-state index contributed by atoms with van der Waals surface area (Å²) in [7, 11) is 0. The van der Waals surface area contributed by atoms with Crippen LogP contribution >= 0.6 is 15.9 Å². The van der Waals surface area contributed by atoms with Crippen LogP contribution in [0.25, 0.3) is 0 Å². The molecule has 0 aromatic carbocycles. The number of pyridine rings is 1. The number of hydrogen-bond donors (Lipinski definition) is 2. The van der Waals surface area contributed by atoms with E-state index in [9.17, 15) is 0 Å². The van der Waals surface area contributed by atoms with E-state index >= 15 is 0 Å². The quantitative estimate of drug-likeness (QED) is 0.660. The van der Waals surface area contributed by atoms with Gasteiger partial charge < -0.3 is 0 Å². The minimum atomic E-state index is 0.162. The van der Waals surface area contributed by atoms with Gasteiger partial charge >= 0.3 is 0 Å². The molecule has 1 aliphatic rings. The highest BCUT2D eigenvalue weighted by molar-refractivity contribution is 9.10. The van der Waals surface area contributed by atoms with E-state index in [2.05, 4.69) is 33.3 Å². The van der Waals surface area contributed by atoms with Crippen molar-refractivity contribution in [2.45, 2.75) is 45.1 Å². The molecule has 2 rings (SSSR count). The number of hydrogen-bond acceptors (Lipinski definition) is 3. The third-order valence-electron chi connectivity index (χ3n) is 4.13. The fourth-order valence-electron chi connectivity index (χ4n) is 3.07. The Balaban J connectivity index is 2.15. The number of rotatable bonds is 4. The zero-order valence-corrected chi connectivity index (χ0v) is 12.5. The summed E-state index contributed by atoms with van der Waals surface area (Å²) in [5.41, 5.74) is 4.02. The summed E-state index contributed by atoms with van der Waals surface area (Å²) in [6, 6.07) is 4.14. The molecule has 1 heterocycles. The van der Waals surface area contributed by atoms with Crippen molar-refractivity contribution in [3.05, 3.63) is 28.5 Å². The lowest BCUT2D eigenvalue weighted by Crippen LogP contribution is -2.36. The van der Waals surface area contributed by atoms with E-state index in [-0.39, 0.29) is 6.04 Å². The molecule has 1 saturated carbocycles. The van der Waals surface area contributed by atoms with Crippen LogP contribution in [0.15, 0.2) is 22.8 Å². The van der Waals surface area contributed by atoms with Crippen LogP contribution in [0.2, 0.25) is 0 Å². The normalized spacial score (nSPS) is 25.9. The van der Waals surface area contributed by atoms with Gasteiger partial charge in [-0.15, -0.1) is 0 Å². The highest BCUT2D eigenvalue weighted by Crippen LogP contribution is 2.39. The molecule has 1 aromatic heterocycles. The largest absolute Gasteiger partial charge is 0.271 e. The second-order valence-corrected chi connectivity index (χ2v) is 6.07. The summed E-state index contributed by atoms with van der Waals surface area (Å²) in [5.74, 6) is 7.23. The molecule has 0 spiro atoms. The second-order valence-electron chi connectivity index (χ2n) is 5.22. The smallest absolute Gasteiger partial charge is 0.0731 e. The van der Waals surface area contributed by atoms with Crippen molar-refractivity contribution >= 4 is 15.9 Å². The van der Waals surface area contributed by atoms with E-state index in [1.807, 2.05) is 18.3 Å². The van der Waals surface area contributed by atoms with Crippen molar-refractivity contribution in [1.82, 2.24) is 10.4 Å². The highest BCUT2D eigenvalue weighted by atomic mass is 79.9. The molecule has 18 heavy (non-hydrogen) atoms. The number of nitrogens with two attached hydrogens (primary N) is 1. The Hall–Kier alpha value is -0.450. The first-order chi connectivity index (χ1) is 8.76. The Kier molecular flexibility index (Phi) is 5.15. The predicted molar refractivity (Wildman–Crippen MR) is 77.7 cm³/mol. The molecule has 3 unspecified atom stereocenters. The average Bonchev–Trinajstić information content (AvgIpc) is 2.42. The minimum absolute atomic E-state index is 0.162. The maximum absolute atomic E-state index is 5.78. The summed E-state index contributed by atoms with van der Waals surface area (Å²) in [4.78, 5) is 4.49. The molecule has 3 atom stereocenters. The minimum Gasteiger partial charge on any atom is -0.271 e. The molecule has 0 amide bonds. The van der Waals surface area contributed by atoms with E-state index in [1.54, 1.807) is 0 Å². The van der Waals surface area contributed by atoms with Gasteiger partial charge in [0.25, 0.3) is 0 Å². The van der Waals surface area contributed by atoms with Gasteiger partial charge in [-0.2, -0.15) is 0 Å². The molecule has 1 fully saturated rings. The Bertz CT molecular complexity index is 383. The molecular formula is C14H22BrN3. The summed E-state index contributed by atoms with van der Waals surface area (Å²) >= 11 is 3.58. The number of aromatic nitrogens is 1. The number of nitrogens with zero attached hydrogens (tertiary/aromatic N) is 1. The Morgan fingerprint density at radius 1 is 1.56 bits per heavy atom. The van der Waals surface area contributed by atoms with Crippen LogP contribution in [-0.4, -0.2) is 4.98 Å². The average molecular weight is 312 g/mol. The first-order valence-corrected chi connectivity index (χ1v) is 7.62. The van der Waals surface area contributed by atoms with Crippen molar-refractivity contribution in [1.29, 1.82) is 0 Å². The zero-order chi connectivity index (χ0) is 13.0. The lowest BCUT2D eigenvalue weighted by atomic mass is 9.76. The SMILES string of the molecule is CCC1CCCC(C(NN)c2ncccc2Br)C1. The molecule has 3 nitrogen and oxygen atoms in total. The van der Waals surface area contributed by atoms with E-state index in [0.29, 0.717) is 5.92 Å². The molecule has 0 aliphatic heterocycles. The van der Waals surface area contributed by atoms with E-state index in [1.165, 1.54) is 32.1 Å². The van der Waals surface area contributed by atoms with Gasteiger partial charge in [0.05, 0.1) is 11.7 Å². The van der Waals surface area contributed by atoms with Crippen molar-refractivity contribution in [3.8, 4) is 0 Å². The maximum atomic E-state index is 5.78. The molecule has 0 radical (unpaired) electrons. The second kappa shape index (κ2) is 6.64. The molecule has 100 valence electrons. The number of halogens is 1. The molecule has 4 heteroatoms. The summed E-state index contributed by atoms with van der Waals surface area (Å²) in [5, 5.41) is 0. The van der Waals surface area contributed by atoms with Crippen molar-refractivity contribution in [2.24, 2.45) is 17.7 Å². The number of nitrogens with one attached hydrogen (secondary N) is 1. The topological polar surface area (TPSA) is 50.9 Å². The zero-order valence-electron chi connectivity index (χ0n) is 10.9. The van der Waals surface area contributed by atoms with Crippen LogP contribution in [0, 0.1) is 11.8 Å². The lowest BCUT2D eigenvalue weighted by Gasteiger charge is -2.34. The van der Waals surface area contributed by atoms with E-state index in [4.69, 9.17) is 5.84 Å². The molecular weight excluding hydrogens is 290 g/mol. The third-order valence-corrected chi connectivity index (χ3v) is 4.80. The Labute approximate surface area is 118 Å². The van der Waals surface area contributed by atoms with Gasteiger partial charge in [0.15, 0.2) is 0 Å². The Morgan fingerprint density at radius 2 is 2.39 bits per heavy atom. The predicted octanol–water partition coefficient (Wildman–Crippen LogP) is 3.56. The summed E-state index contributed by atoms with van der Waals surface area (Å²) in [6.07, 6.45) is 8.30. The summed E-state index contributed by atoms with van der Waals surface area (Å²) < 4.78 is 1.05. The first kappa shape index (κ1) is 14.0. The fraction of sp³-hybridized carbons (Fsp3) is 0.643. The Morgan fingerprint density at radius 3 is 3.06 bits per heavy atom. The van der Waals surface area contributed by atoms with Crippen LogP contribution in [0.1, 0.15) is 50.8 Å². The van der Waals surface area contributed by atoms with E-state index in [0.717, 1.165) is 16.1 Å². The highest BCUT2D eigenvalue weighted by Gasteiger charge is 2.29. The van der Waals surface area contributed by atoms with E-state index < -0.39 is 0 Å². The molecule has 3 N–H and O–H groups in total. The summed E-state index contributed by atoms with van der Waals surface area (Å²) in [6.45, 7) is 2.29. The van der Waals surface area contributed by atoms with Crippen LogP contribution in [0.3, 0.4) is 0 Å². The van der Waals surface area contributed by atoms with Crippen LogP contribution in [0.4, 0.5) is 0 Å². The van der Waals surface area contributed by atoms with Gasteiger partial charge in [0, 0.05) is 10.7 Å². The van der Waals surface area contributed by atoms with Gasteiger partial charge in [-0.25, -0.2) is 0 Å². The van der Waals surface area contributed by atoms with Gasteiger partial charge in [0.1, 0.15) is 0 Å². The lowest BCUT2D eigenvalue weighted by molar-refractivity contribution is 0.207. The van der Waals surface area contributed by atoms with Crippen molar-refractivity contribution in [2.75, 3.05) is 0 Å². The van der Waals surface area contributed by atoms with Gasteiger partial charge in [-0.05, 0) is 52.7 Å². The van der Waals surface area contributed by atoms with Gasteiger partial charge in [-0.1, -0.05) is 26.2 Å². The molecule has 0 saturated heterocycles. The molecule has 0 bridgehead atoms. The number of hydrazine groups is 1. The molecule has 1 aromatic rings. The van der Waals surface area contributed by atoms with Crippen LogP contribution < -0.4 is 11.3 Å². The van der Waals surface area contributed by atoms with Crippen LogP contribution in [0.5, 0.6) is 0 Å². The van der Waals surface area contributed by atoms with Crippen molar-refractivity contribution < 1.29 is 0 Å². The fourth-order valence-corrected chi connectivity index (χ4v) is 3.57. The third kappa shape index (κ3) is 3.11. The van der Waals surface area contributed by atoms with Gasteiger partial charge in [0.2, 0.25) is 0 Å². The maximum Gasteiger partial charge on any atom is 0.0731 e. The monoisotopic (exact) mass is 311 g/mol.